The number of carbonyl (C=O) groups excluding carboxylic acids is 1. The number of hydrogen-bond acceptors (Lipinski definition) is 6. The lowest BCUT2D eigenvalue weighted by atomic mass is 9.97. The van der Waals surface area contributed by atoms with Crippen LogP contribution < -0.4 is 5.32 Å². The molecule has 1 unspecified atom stereocenters. The molecule has 0 spiro atoms. The van der Waals surface area contributed by atoms with Crippen molar-refractivity contribution in [2.75, 3.05) is 0 Å². The molecule has 25 heavy (non-hydrogen) atoms. The summed E-state index contributed by atoms with van der Waals surface area (Å²) in [6.07, 6.45) is 1.86. The molecule has 3 rings (SSSR count). The van der Waals surface area contributed by atoms with Crippen LogP contribution in [-0.4, -0.2) is 32.2 Å². The van der Waals surface area contributed by atoms with Crippen molar-refractivity contribution in [3.8, 4) is 0 Å². The molecule has 7 nitrogen and oxygen atoms in total. The number of oxime groups is 1. The standard InChI is InChI=1S/C16H15Cl2N5O2/c1-9-5-11(22-15(18)21-9)12-7-16(2,25-23-12)14(24)20-8-10-3-4-19-13(17)6-10/h3-6H,7-8H2,1-2H3,(H,20,24). The number of nitrogens with zero attached hydrogens (tertiary/aromatic N) is 4. The van der Waals surface area contributed by atoms with Gasteiger partial charge in [0.05, 0.1) is 5.69 Å². The first kappa shape index (κ1) is 17.6. The molecule has 9 heteroatoms. The lowest BCUT2D eigenvalue weighted by Crippen LogP contribution is -2.44. The summed E-state index contributed by atoms with van der Waals surface area (Å²) in [5.74, 6) is -0.281. The molecular formula is C16H15Cl2N5O2. The van der Waals surface area contributed by atoms with Crippen LogP contribution in [0.4, 0.5) is 0 Å². The van der Waals surface area contributed by atoms with Gasteiger partial charge in [-0.1, -0.05) is 16.8 Å². The first-order chi connectivity index (χ1) is 11.9. The third-order valence-electron chi connectivity index (χ3n) is 3.71. The monoisotopic (exact) mass is 379 g/mol. The summed E-state index contributed by atoms with van der Waals surface area (Å²) in [7, 11) is 0. The Labute approximate surface area is 154 Å². The van der Waals surface area contributed by atoms with E-state index in [-0.39, 0.29) is 17.6 Å². The van der Waals surface area contributed by atoms with E-state index in [1.807, 2.05) is 0 Å². The fourth-order valence-corrected chi connectivity index (χ4v) is 2.82. The van der Waals surface area contributed by atoms with E-state index in [1.165, 1.54) is 0 Å². The smallest absolute Gasteiger partial charge is 0.267 e. The molecule has 1 aliphatic heterocycles. The molecule has 1 N–H and O–H groups in total. The minimum absolute atomic E-state index is 0.130. The molecule has 0 aliphatic carbocycles. The maximum Gasteiger partial charge on any atom is 0.267 e. The number of nitrogens with one attached hydrogen (secondary N) is 1. The van der Waals surface area contributed by atoms with Gasteiger partial charge in [0.15, 0.2) is 0 Å². The highest BCUT2D eigenvalue weighted by Crippen LogP contribution is 2.27. The Hall–Kier alpha value is -2.25. The van der Waals surface area contributed by atoms with Gasteiger partial charge in [0.1, 0.15) is 10.9 Å². The number of amides is 1. The highest BCUT2D eigenvalue weighted by Gasteiger charge is 2.42. The Morgan fingerprint density at radius 1 is 1.36 bits per heavy atom. The minimum Gasteiger partial charge on any atom is -0.379 e. The first-order valence-electron chi connectivity index (χ1n) is 7.51. The van der Waals surface area contributed by atoms with Crippen molar-refractivity contribution in [3.05, 3.63) is 51.8 Å². The predicted octanol–water partition coefficient (Wildman–Crippen LogP) is 2.69. The molecule has 1 amide bonds. The number of aromatic nitrogens is 3. The summed E-state index contributed by atoms with van der Waals surface area (Å²) in [6, 6.07) is 5.21. The third kappa shape index (κ3) is 4.05. The van der Waals surface area contributed by atoms with Crippen LogP contribution in [0.2, 0.25) is 10.4 Å². The summed E-state index contributed by atoms with van der Waals surface area (Å²) in [4.78, 5) is 30.0. The molecule has 0 aromatic carbocycles. The van der Waals surface area contributed by atoms with E-state index in [0.29, 0.717) is 28.8 Å². The van der Waals surface area contributed by atoms with E-state index in [0.717, 1.165) is 5.56 Å². The molecule has 0 radical (unpaired) electrons. The Morgan fingerprint density at radius 2 is 2.16 bits per heavy atom. The van der Waals surface area contributed by atoms with Crippen LogP contribution in [0.15, 0.2) is 29.6 Å². The first-order valence-corrected chi connectivity index (χ1v) is 8.27. The van der Waals surface area contributed by atoms with Gasteiger partial charge in [-0.05, 0) is 49.2 Å². The predicted molar refractivity (Wildman–Crippen MR) is 93.5 cm³/mol. The molecule has 0 fully saturated rings. The van der Waals surface area contributed by atoms with Gasteiger partial charge in [0.25, 0.3) is 5.91 Å². The highest BCUT2D eigenvalue weighted by atomic mass is 35.5. The quantitative estimate of drug-likeness (QED) is 0.651. The number of aryl methyl sites for hydroxylation is 1. The molecule has 3 heterocycles. The van der Waals surface area contributed by atoms with Crippen molar-refractivity contribution in [2.45, 2.75) is 32.4 Å². The largest absolute Gasteiger partial charge is 0.379 e. The zero-order valence-electron chi connectivity index (χ0n) is 13.6. The molecule has 0 saturated carbocycles. The van der Waals surface area contributed by atoms with Crippen LogP contribution in [0.3, 0.4) is 0 Å². The SMILES string of the molecule is Cc1cc(C2=NOC(C)(C(=O)NCc3ccnc(Cl)c3)C2)nc(Cl)n1. The topological polar surface area (TPSA) is 89.4 Å². The van der Waals surface area contributed by atoms with Gasteiger partial charge in [-0.25, -0.2) is 15.0 Å². The lowest BCUT2D eigenvalue weighted by molar-refractivity contribution is -0.141. The third-order valence-corrected chi connectivity index (χ3v) is 4.08. The van der Waals surface area contributed by atoms with Gasteiger partial charge in [0.2, 0.25) is 10.9 Å². The fourth-order valence-electron chi connectivity index (χ4n) is 2.40. The molecule has 0 saturated heterocycles. The van der Waals surface area contributed by atoms with Crippen molar-refractivity contribution in [1.82, 2.24) is 20.3 Å². The highest BCUT2D eigenvalue weighted by molar-refractivity contribution is 6.29. The van der Waals surface area contributed by atoms with Crippen LogP contribution in [0.25, 0.3) is 0 Å². The Balaban J connectivity index is 1.66. The molecule has 0 bridgehead atoms. The van der Waals surface area contributed by atoms with Crippen molar-refractivity contribution < 1.29 is 9.63 Å². The minimum atomic E-state index is -1.11. The van der Waals surface area contributed by atoms with Crippen LogP contribution in [-0.2, 0) is 16.2 Å². The Kier molecular flexibility index (Phi) is 4.87. The van der Waals surface area contributed by atoms with E-state index < -0.39 is 5.60 Å². The van der Waals surface area contributed by atoms with Crippen molar-refractivity contribution in [2.24, 2.45) is 5.16 Å². The van der Waals surface area contributed by atoms with Gasteiger partial charge in [-0.3, -0.25) is 4.79 Å². The van der Waals surface area contributed by atoms with Crippen molar-refractivity contribution >= 4 is 34.8 Å². The van der Waals surface area contributed by atoms with Crippen LogP contribution in [0, 0.1) is 6.92 Å². The second-order valence-corrected chi connectivity index (χ2v) is 6.60. The second-order valence-electron chi connectivity index (χ2n) is 5.87. The molecule has 1 aliphatic rings. The fraction of sp³-hybridized carbons (Fsp3) is 0.312. The number of carbonyl (C=O) groups is 1. The van der Waals surface area contributed by atoms with Gasteiger partial charge in [-0.2, -0.15) is 0 Å². The van der Waals surface area contributed by atoms with Crippen LogP contribution >= 0.6 is 23.2 Å². The van der Waals surface area contributed by atoms with Gasteiger partial charge >= 0.3 is 0 Å². The number of pyridine rings is 1. The normalized spacial score (nSPS) is 19.3. The molecular weight excluding hydrogens is 365 g/mol. The van der Waals surface area contributed by atoms with E-state index in [1.54, 1.807) is 38.2 Å². The van der Waals surface area contributed by atoms with Crippen LogP contribution in [0.5, 0.6) is 0 Å². The molecule has 130 valence electrons. The van der Waals surface area contributed by atoms with Gasteiger partial charge < -0.3 is 10.2 Å². The zero-order valence-corrected chi connectivity index (χ0v) is 15.1. The summed E-state index contributed by atoms with van der Waals surface area (Å²) in [6.45, 7) is 3.79. The maximum atomic E-state index is 12.5. The van der Waals surface area contributed by atoms with E-state index in [2.05, 4.69) is 25.4 Å². The van der Waals surface area contributed by atoms with Crippen molar-refractivity contribution in [3.63, 3.8) is 0 Å². The summed E-state index contributed by atoms with van der Waals surface area (Å²) >= 11 is 11.7. The Morgan fingerprint density at radius 3 is 2.88 bits per heavy atom. The van der Waals surface area contributed by atoms with Crippen molar-refractivity contribution in [1.29, 1.82) is 0 Å². The van der Waals surface area contributed by atoms with Gasteiger partial charge in [-0.15, -0.1) is 0 Å². The molecule has 2 aromatic rings. The van der Waals surface area contributed by atoms with Crippen LogP contribution in [0.1, 0.15) is 30.3 Å². The van der Waals surface area contributed by atoms with E-state index in [9.17, 15) is 4.79 Å². The molecule has 1 atom stereocenters. The summed E-state index contributed by atoms with van der Waals surface area (Å²) in [5, 5.41) is 7.33. The Bertz CT molecular complexity index is 838. The summed E-state index contributed by atoms with van der Waals surface area (Å²) in [5.41, 5.74) is 1.55. The zero-order chi connectivity index (χ0) is 18.0. The average Bonchev–Trinajstić information content (AvgIpc) is 2.96. The number of halogens is 2. The number of hydrogen-bond donors (Lipinski definition) is 1. The lowest BCUT2D eigenvalue weighted by Gasteiger charge is -2.20. The molecule has 2 aromatic heterocycles. The number of rotatable bonds is 4. The van der Waals surface area contributed by atoms with Gasteiger partial charge in [0, 0.05) is 24.9 Å². The van der Waals surface area contributed by atoms with E-state index >= 15 is 0 Å². The maximum absolute atomic E-state index is 12.5. The second kappa shape index (κ2) is 6.93. The average molecular weight is 380 g/mol. The van der Waals surface area contributed by atoms with E-state index in [4.69, 9.17) is 28.0 Å². The summed E-state index contributed by atoms with van der Waals surface area (Å²) < 4.78 is 0.